The van der Waals surface area contributed by atoms with Crippen LogP contribution in [0.4, 0.5) is 0 Å². The minimum absolute atomic E-state index is 0.194. The number of hydrogen-bond donors (Lipinski definition) is 2. The predicted octanol–water partition coefficient (Wildman–Crippen LogP) is 5.07. The molecule has 2 aromatic rings. The summed E-state index contributed by atoms with van der Waals surface area (Å²) in [6.07, 6.45) is 1.47. The summed E-state index contributed by atoms with van der Waals surface area (Å²) in [6.45, 7) is 5.99. The van der Waals surface area contributed by atoms with Crippen LogP contribution in [-0.4, -0.2) is 37.8 Å². The molecule has 172 valence electrons. The second-order valence-electron chi connectivity index (χ2n) is 7.02. The van der Waals surface area contributed by atoms with Gasteiger partial charge in [0, 0.05) is 5.02 Å². The van der Waals surface area contributed by atoms with Crippen LogP contribution in [0.1, 0.15) is 36.7 Å². The molecule has 2 aromatic carbocycles. The Morgan fingerprint density at radius 3 is 2.53 bits per heavy atom. The number of carbonyl (C=O) groups is 2. The molecule has 0 aliphatic carbocycles. The summed E-state index contributed by atoms with van der Waals surface area (Å²) in [4.78, 5) is 25.3. The van der Waals surface area contributed by atoms with Crippen LogP contribution >= 0.6 is 39.1 Å². The van der Waals surface area contributed by atoms with E-state index >= 15 is 0 Å². The molecule has 0 fully saturated rings. The Morgan fingerprint density at radius 1 is 1.22 bits per heavy atom. The molecule has 1 atom stereocenters. The molecule has 1 unspecified atom stereocenters. The number of carbonyl (C=O) groups excluding carboxylic acids is 2. The van der Waals surface area contributed by atoms with E-state index in [1.54, 1.807) is 18.2 Å². The van der Waals surface area contributed by atoms with Gasteiger partial charge in [-0.25, -0.2) is 5.43 Å². The third-order valence-electron chi connectivity index (χ3n) is 4.34. The van der Waals surface area contributed by atoms with Crippen molar-refractivity contribution in [3.8, 4) is 11.5 Å². The van der Waals surface area contributed by atoms with E-state index in [1.165, 1.54) is 25.5 Å². The van der Waals surface area contributed by atoms with Crippen molar-refractivity contribution >= 4 is 57.2 Å². The number of hydrogen-bond acceptors (Lipinski definition) is 5. The topological polar surface area (TPSA) is 89.0 Å². The fraction of sp³-hybridized carbons (Fsp3) is 0.318. The van der Waals surface area contributed by atoms with Crippen LogP contribution in [0.2, 0.25) is 10.0 Å². The average Bonchev–Trinajstić information content (AvgIpc) is 2.73. The number of hydrazone groups is 1. The van der Waals surface area contributed by atoms with Crippen LogP contribution in [0.3, 0.4) is 0 Å². The largest absolute Gasteiger partial charge is 0.493 e. The number of benzene rings is 2. The van der Waals surface area contributed by atoms with E-state index in [0.29, 0.717) is 33.2 Å². The highest BCUT2D eigenvalue weighted by Gasteiger charge is 2.25. The van der Waals surface area contributed by atoms with Crippen LogP contribution in [-0.2, 0) is 4.79 Å². The van der Waals surface area contributed by atoms with E-state index in [9.17, 15) is 9.59 Å². The first kappa shape index (κ1) is 26.0. The quantitative estimate of drug-likeness (QED) is 0.341. The molecule has 0 radical (unpaired) electrons. The molecule has 2 rings (SSSR count). The van der Waals surface area contributed by atoms with Gasteiger partial charge in [-0.2, -0.15) is 5.10 Å². The molecule has 0 aliphatic rings. The third kappa shape index (κ3) is 6.85. The molecular weight excluding hydrogens is 521 g/mol. The van der Waals surface area contributed by atoms with Gasteiger partial charge >= 0.3 is 0 Å². The lowest BCUT2D eigenvalue weighted by Gasteiger charge is -2.20. The van der Waals surface area contributed by atoms with Crippen LogP contribution in [0.5, 0.6) is 11.5 Å². The van der Waals surface area contributed by atoms with Gasteiger partial charge in [-0.3, -0.25) is 9.59 Å². The summed E-state index contributed by atoms with van der Waals surface area (Å²) in [5, 5.41) is 7.32. The number of ether oxygens (including phenoxy) is 2. The zero-order chi connectivity index (χ0) is 23.8. The fourth-order valence-corrected chi connectivity index (χ4v) is 3.83. The molecule has 0 spiro atoms. The lowest BCUT2D eigenvalue weighted by Crippen LogP contribution is -2.48. The highest BCUT2D eigenvalue weighted by molar-refractivity contribution is 9.10. The van der Waals surface area contributed by atoms with E-state index in [2.05, 4.69) is 31.8 Å². The van der Waals surface area contributed by atoms with Gasteiger partial charge in [0.1, 0.15) is 6.04 Å². The maximum Gasteiger partial charge on any atom is 0.262 e. The Labute approximate surface area is 205 Å². The molecule has 0 bridgehead atoms. The Morgan fingerprint density at radius 2 is 1.94 bits per heavy atom. The highest BCUT2D eigenvalue weighted by atomic mass is 79.9. The number of methoxy groups -OCH3 is 1. The van der Waals surface area contributed by atoms with Crippen molar-refractivity contribution in [1.82, 2.24) is 10.7 Å². The zero-order valence-corrected chi connectivity index (χ0v) is 21.1. The maximum absolute atomic E-state index is 12.7. The average molecular weight is 545 g/mol. The first-order valence-electron chi connectivity index (χ1n) is 9.77. The van der Waals surface area contributed by atoms with Gasteiger partial charge in [-0.15, -0.1) is 0 Å². The first-order chi connectivity index (χ1) is 15.2. The van der Waals surface area contributed by atoms with Crippen LogP contribution in [0, 0.1) is 5.92 Å². The van der Waals surface area contributed by atoms with Gasteiger partial charge < -0.3 is 14.8 Å². The minimum Gasteiger partial charge on any atom is -0.493 e. The van der Waals surface area contributed by atoms with E-state index in [0.717, 1.165) is 0 Å². The van der Waals surface area contributed by atoms with Gasteiger partial charge in [0.05, 0.1) is 35.0 Å². The molecule has 0 aromatic heterocycles. The van der Waals surface area contributed by atoms with E-state index in [1.807, 2.05) is 20.8 Å². The first-order valence-corrected chi connectivity index (χ1v) is 11.3. The van der Waals surface area contributed by atoms with Crippen molar-refractivity contribution in [2.24, 2.45) is 11.0 Å². The second kappa shape index (κ2) is 12.1. The molecule has 2 amide bonds. The monoisotopic (exact) mass is 543 g/mol. The van der Waals surface area contributed by atoms with Gasteiger partial charge in [0.2, 0.25) is 0 Å². The normalized spacial score (nSPS) is 12.0. The Balaban J connectivity index is 2.11. The number of halogens is 3. The Hall–Kier alpha value is -2.29. The predicted molar refractivity (Wildman–Crippen MR) is 130 cm³/mol. The summed E-state index contributed by atoms with van der Waals surface area (Å²) < 4.78 is 11.6. The summed E-state index contributed by atoms with van der Waals surface area (Å²) in [6, 6.07) is 7.22. The van der Waals surface area contributed by atoms with Gasteiger partial charge in [-0.1, -0.05) is 37.0 Å². The standard InChI is InChI=1S/C22H24BrCl2N3O4/c1-5-32-20-16(23)8-13(9-18(20)31-4)11-26-28-22(30)19(12(2)3)27-21(29)15-7-6-14(24)10-17(15)25/h6-12,19H,5H2,1-4H3,(H,27,29)(H,28,30). The lowest BCUT2D eigenvalue weighted by atomic mass is 10.0. The molecule has 10 heteroatoms. The highest BCUT2D eigenvalue weighted by Crippen LogP contribution is 2.36. The van der Waals surface area contributed by atoms with Gasteiger partial charge in [-0.05, 0) is 64.7 Å². The molecular formula is C22H24BrCl2N3O4. The van der Waals surface area contributed by atoms with Crippen molar-refractivity contribution < 1.29 is 19.1 Å². The van der Waals surface area contributed by atoms with Gasteiger partial charge in [0.15, 0.2) is 11.5 Å². The fourth-order valence-electron chi connectivity index (χ4n) is 2.77. The smallest absolute Gasteiger partial charge is 0.262 e. The molecule has 0 heterocycles. The van der Waals surface area contributed by atoms with E-state index in [-0.39, 0.29) is 16.5 Å². The van der Waals surface area contributed by atoms with Crippen molar-refractivity contribution in [2.45, 2.75) is 26.8 Å². The summed E-state index contributed by atoms with van der Waals surface area (Å²) in [5.41, 5.74) is 3.37. The summed E-state index contributed by atoms with van der Waals surface area (Å²) >= 11 is 15.4. The molecule has 0 aliphatic heterocycles. The van der Waals surface area contributed by atoms with Crippen molar-refractivity contribution in [2.75, 3.05) is 13.7 Å². The molecule has 2 N–H and O–H groups in total. The number of nitrogens with zero attached hydrogens (tertiary/aromatic N) is 1. The number of amides is 2. The SMILES string of the molecule is CCOc1c(Br)cc(C=NNC(=O)C(NC(=O)c2ccc(Cl)cc2Cl)C(C)C)cc1OC. The minimum atomic E-state index is -0.826. The van der Waals surface area contributed by atoms with Crippen molar-refractivity contribution in [3.63, 3.8) is 0 Å². The van der Waals surface area contributed by atoms with E-state index < -0.39 is 17.9 Å². The van der Waals surface area contributed by atoms with Crippen molar-refractivity contribution in [1.29, 1.82) is 0 Å². The van der Waals surface area contributed by atoms with Crippen LogP contribution < -0.4 is 20.2 Å². The molecule has 0 saturated heterocycles. The van der Waals surface area contributed by atoms with Crippen molar-refractivity contribution in [3.05, 3.63) is 56.0 Å². The Bertz CT molecular complexity index is 1010. The van der Waals surface area contributed by atoms with Crippen LogP contribution in [0.15, 0.2) is 39.9 Å². The van der Waals surface area contributed by atoms with E-state index in [4.69, 9.17) is 32.7 Å². The molecule has 0 saturated carbocycles. The second-order valence-corrected chi connectivity index (χ2v) is 8.72. The zero-order valence-electron chi connectivity index (χ0n) is 18.0. The lowest BCUT2D eigenvalue weighted by molar-refractivity contribution is -0.123. The number of nitrogens with one attached hydrogen (secondary N) is 2. The Kier molecular flexibility index (Phi) is 9.81. The maximum atomic E-state index is 12.7. The van der Waals surface area contributed by atoms with Gasteiger partial charge in [0.25, 0.3) is 11.8 Å². The summed E-state index contributed by atoms with van der Waals surface area (Å²) in [5.74, 6) is -0.0305. The third-order valence-corrected chi connectivity index (χ3v) is 5.48. The molecule has 32 heavy (non-hydrogen) atoms. The summed E-state index contributed by atoms with van der Waals surface area (Å²) in [7, 11) is 1.54. The van der Waals surface area contributed by atoms with Crippen LogP contribution in [0.25, 0.3) is 0 Å². The number of rotatable bonds is 9. The molecule has 7 nitrogen and oxygen atoms in total.